The molecule has 0 saturated carbocycles. The summed E-state index contributed by atoms with van der Waals surface area (Å²) in [6.45, 7) is 7.87. The molecular weight excluding hydrogens is 429 g/mol. The molecule has 0 aliphatic carbocycles. The zero-order chi connectivity index (χ0) is 17.8. The fraction of sp³-hybridized carbons (Fsp3) is 0.611. The van der Waals surface area contributed by atoms with Crippen molar-refractivity contribution in [3.63, 3.8) is 0 Å². The summed E-state index contributed by atoms with van der Waals surface area (Å²) in [6.07, 6.45) is 5.69. The number of guanidine groups is 1. The number of unbranched alkanes of at least 4 members (excludes halogenated alkanes) is 1. The number of amides is 1. The van der Waals surface area contributed by atoms with Crippen molar-refractivity contribution in [2.24, 2.45) is 10.9 Å². The van der Waals surface area contributed by atoms with Crippen molar-refractivity contribution in [3.8, 4) is 0 Å². The second-order valence-corrected chi connectivity index (χ2v) is 6.33. The van der Waals surface area contributed by atoms with E-state index in [0.717, 1.165) is 30.4 Å². The first-order valence-electron chi connectivity index (χ1n) is 8.68. The summed E-state index contributed by atoms with van der Waals surface area (Å²) in [5, 5.41) is 9.20. The molecule has 0 fully saturated rings. The third kappa shape index (κ3) is 11.7. The third-order valence-electron chi connectivity index (χ3n) is 3.55. The van der Waals surface area contributed by atoms with Crippen molar-refractivity contribution in [3.05, 3.63) is 23.9 Å². The average Bonchev–Trinajstić information content (AvgIpc) is 2.54. The number of nitrogens with zero attached hydrogens (tertiary/aromatic N) is 2. The number of nitrogens with one attached hydrogen (secondary N) is 3. The standard InChI is InChI=1S/C18H31N5O.HI/c1-14(2)7-5-6-11-20-18(19-4)21-12-10-17(24)23-16-9-8-15(3)13-22-16;/h8-9,13-14H,5-7,10-12H2,1-4H3,(H2,19,20,21)(H,22,23,24);1H. The lowest BCUT2D eigenvalue weighted by molar-refractivity contribution is -0.116. The first-order valence-corrected chi connectivity index (χ1v) is 8.68. The second kappa shape index (κ2) is 13.9. The summed E-state index contributed by atoms with van der Waals surface area (Å²) < 4.78 is 0. The molecule has 3 N–H and O–H groups in total. The van der Waals surface area contributed by atoms with Crippen LogP contribution in [0, 0.1) is 12.8 Å². The van der Waals surface area contributed by atoms with Crippen LogP contribution in [-0.2, 0) is 4.79 Å². The topological polar surface area (TPSA) is 78.4 Å². The van der Waals surface area contributed by atoms with E-state index >= 15 is 0 Å². The number of aromatic nitrogens is 1. The molecule has 142 valence electrons. The number of hydrogen-bond acceptors (Lipinski definition) is 3. The maximum Gasteiger partial charge on any atom is 0.227 e. The molecule has 7 heteroatoms. The number of aliphatic imine (C=N–C) groups is 1. The Kier molecular flexibility index (Phi) is 13.1. The lowest BCUT2D eigenvalue weighted by Gasteiger charge is -2.12. The molecular formula is C18H32IN5O. The van der Waals surface area contributed by atoms with Gasteiger partial charge in [-0.1, -0.05) is 32.8 Å². The van der Waals surface area contributed by atoms with E-state index in [0.29, 0.717) is 18.8 Å². The van der Waals surface area contributed by atoms with Crippen LogP contribution in [0.1, 0.15) is 45.1 Å². The first-order chi connectivity index (χ1) is 11.5. The molecule has 1 heterocycles. The molecule has 6 nitrogen and oxygen atoms in total. The molecule has 0 unspecified atom stereocenters. The lowest BCUT2D eigenvalue weighted by atomic mass is 10.1. The predicted molar refractivity (Wildman–Crippen MR) is 116 cm³/mol. The van der Waals surface area contributed by atoms with Crippen LogP contribution in [-0.4, -0.2) is 37.0 Å². The van der Waals surface area contributed by atoms with Gasteiger partial charge in [-0.05, 0) is 30.9 Å². The van der Waals surface area contributed by atoms with Gasteiger partial charge < -0.3 is 16.0 Å². The van der Waals surface area contributed by atoms with Gasteiger partial charge in [0.1, 0.15) is 5.82 Å². The summed E-state index contributed by atoms with van der Waals surface area (Å²) in [5.41, 5.74) is 1.07. The Morgan fingerprint density at radius 3 is 2.52 bits per heavy atom. The summed E-state index contributed by atoms with van der Waals surface area (Å²) in [6, 6.07) is 3.73. The summed E-state index contributed by atoms with van der Waals surface area (Å²) in [4.78, 5) is 20.2. The molecule has 0 aliphatic rings. The monoisotopic (exact) mass is 461 g/mol. The van der Waals surface area contributed by atoms with Crippen LogP contribution in [0.15, 0.2) is 23.3 Å². The summed E-state index contributed by atoms with van der Waals surface area (Å²) in [5.74, 6) is 2.01. The van der Waals surface area contributed by atoms with Gasteiger partial charge in [-0.3, -0.25) is 9.79 Å². The first kappa shape index (κ1) is 23.6. The fourth-order valence-corrected chi connectivity index (χ4v) is 2.15. The zero-order valence-electron chi connectivity index (χ0n) is 15.8. The largest absolute Gasteiger partial charge is 0.356 e. The van der Waals surface area contributed by atoms with Gasteiger partial charge in [0, 0.05) is 32.8 Å². The van der Waals surface area contributed by atoms with Crippen molar-refractivity contribution < 1.29 is 4.79 Å². The van der Waals surface area contributed by atoms with Gasteiger partial charge in [-0.2, -0.15) is 0 Å². The molecule has 1 aromatic heterocycles. The van der Waals surface area contributed by atoms with Crippen molar-refractivity contribution in [2.45, 2.75) is 46.5 Å². The maximum atomic E-state index is 11.9. The molecule has 0 atom stereocenters. The zero-order valence-corrected chi connectivity index (χ0v) is 18.1. The SMILES string of the molecule is CN=C(NCCCCC(C)C)NCCC(=O)Nc1ccc(C)cn1.I. The van der Waals surface area contributed by atoms with Gasteiger partial charge >= 0.3 is 0 Å². The number of hydrogen-bond donors (Lipinski definition) is 3. The summed E-state index contributed by atoms with van der Waals surface area (Å²) in [7, 11) is 1.74. The summed E-state index contributed by atoms with van der Waals surface area (Å²) >= 11 is 0. The number of pyridine rings is 1. The maximum absolute atomic E-state index is 11.9. The van der Waals surface area contributed by atoms with Crippen LogP contribution in [0.25, 0.3) is 0 Å². The Morgan fingerprint density at radius 1 is 1.20 bits per heavy atom. The second-order valence-electron chi connectivity index (χ2n) is 6.33. The highest BCUT2D eigenvalue weighted by molar-refractivity contribution is 14.0. The molecule has 1 rings (SSSR count). The van der Waals surface area contributed by atoms with Crippen molar-refractivity contribution in [1.29, 1.82) is 0 Å². The Hall–Kier alpha value is -1.38. The van der Waals surface area contributed by atoms with Crippen LogP contribution < -0.4 is 16.0 Å². The van der Waals surface area contributed by atoms with E-state index in [1.54, 1.807) is 19.3 Å². The number of halogens is 1. The number of rotatable bonds is 9. The van der Waals surface area contributed by atoms with Crippen LogP contribution in [0.2, 0.25) is 0 Å². The number of aryl methyl sites for hydroxylation is 1. The molecule has 25 heavy (non-hydrogen) atoms. The van der Waals surface area contributed by atoms with Crippen LogP contribution in [0.4, 0.5) is 5.82 Å². The molecule has 0 radical (unpaired) electrons. The average molecular weight is 461 g/mol. The van der Waals surface area contributed by atoms with E-state index in [1.807, 2.05) is 13.0 Å². The third-order valence-corrected chi connectivity index (χ3v) is 3.55. The van der Waals surface area contributed by atoms with Crippen LogP contribution in [0.5, 0.6) is 0 Å². The number of carbonyl (C=O) groups excluding carboxylic acids is 1. The van der Waals surface area contributed by atoms with E-state index in [1.165, 1.54) is 12.8 Å². The van der Waals surface area contributed by atoms with Gasteiger partial charge in [-0.15, -0.1) is 24.0 Å². The van der Waals surface area contributed by atoms with E-state index in [2.05, 4.69) is 39.8 Å². The minimum atomic E-state index is -0.0637. The Labute approximate surface area is 168 Å². The Bertz CT molecular complexity index is 517. The smallest absolute Gasteiger partial charge is 0.227 e. The molecule has 1 amide bonds. The minimum Gasteiger partial charge on any atom is -0.356 e. The van der Waals surface area contributed by atoms with E-state index in [9.17, 15) is 4.79 Å². The quantitative estimate of drug-likeness (QED) is 0.228. The number of anilines is 1. The predicted octanol–water partition coefficient (Wildman–Crippen LogP) is 3.33. The molecule has 0 aromatic carbocycles. The highest BCUT2D eigenvalue weighted by Gasteiger charge is 2.04. The molecule has 0 saturated heterocycles. The Balaban J connectivity index is 0.00000576. The van der Waals surface area contributed by atoms with Gasteiger partial charge in [0.2, 0.25) is 5.91 Å². The van der Waals surface area contributed by atoms with Gasteiger partial charge in [0.05, 0.1) is 0 Å². The highest BCUT2D eigenvalue weighted by atomic mass is 127. The van der Waals surface area contributed by atoms with Gasteiger partial charge in [-0.25, -0.2) is 4.98 Å². The van der Waals surface area contributed by atoms with Gasteiger partial charge in [0.25, 0.3) is 0 Å². The fourth-order valence-electron chi connectivity index (χ4n) is 2.15. The normalized spacial score (nSPS) is 11.0. The molecule has 0 aliphatic heterocycles. The molecule has 0 bridgehead atoms. The highest BCUT2D eigenvalue weighted by Crippen LogP contribution is 2.05. The molecule has 1 aromatic rings. The van der Waals surface area contributed by atoms with Gasteiger partial charge in [0.15, 0.2) is 5.96 Å². The van der Waals surface area contributed by atoms with Crippen LogP contribution >= 0.6 is 24.0 Å². The minimum absolute atomic E-state index is 0. The van der Waals surface area contributed by atoms with Crippen molar-refractivity contribution in [2.75, 3.05) is 25.5 Å². The van der Waals surface area contributed by atoms with Crippen LogP contribution in [0.3, 0.4) is 0 Å². The number of carbonyl (C=O) groups is 1. The van der Waals surface area contributed by atoms with E-state index < -0.39 is 0 Å². The van der Waals surface area contributed by atoms with Crippen molar-refractivity contribution in [1.82, 2.24) is 15.6 Å². The van der Waals surface area contributed by atoms with E-state index in [4.69, 9.17) is 0 Å². The van der Waals surface area contributed by atoms with E-state index in [-0.39, 0.29) is 29.9 Å². The molecule has 0 spiro atoms. The van der Waals surface area contributed by atoms with Crippen molar-refractivity contribution >= 4 is 41.7 Å². The Morgan fingerprint density at radius 2 is 1.92 bits per heavy atom. The lowest BCUT2D eigenvalue weighted by Crippen LogP contribution is -2.39.